The number of aliphatic carboxylic acids is 1. The third kappa shape index (κ3) is 3.34. The van der Waals surface area contributed by atoms with Gasteiger partial charge in [-0.3, -0.25) is 14.4 Å². The topological polar surface area (TPSA) is 124 Å². The highest BCUT2D eigenvalue weighted by molar-refractivity contribution is 6.00. The van der Waals surface area contributed by atoms with Crippen LogP contribution in [-0.2, 0) is 36.7 Å². The molecule has 9 nitrogen and oxygen atoms in total. The highest BCUT2D eigenvalue weighted by Gasteiger charge is 2.53. The molecule has 0 radical (unpaired) electrons. The molecule has 146 valence electrons. The van der Waals surface area contributed by atoms with E-state index in [0.29, 0.717) is 23.7 Å². The lowest BCUT2D eigenvalue weighted by atomic mass is 9.84. The zero-order valence-electron chi connectivity index (χ0n) is 15.5. The molecule has 0 bridgehead atoms. The molecule has 2 atom stereocenters. The van der Waals surface area contributed by atoms with Gasteiger partial charge in [-0.15, -0.1) is 0 Å². The van der Waals surface area contributed by atoms with Crippen LogP contribution in [0.25, 0.3) is 0 Å². The molecule has 2 unspecified atom stereocenters. The van der Waals surface area contributed by atoms with Crippen LogP contribution in [0.5, 0.6) is 5.88 Å². The number of fused-ring (bicyclic) bond motifs is 1. The van der Waals surface area contributed by atoms with E-state index >= 15 is 0 Å². The molecule has 9 heteroatoms. The second kappa shape index (κ2) is 7.15. The quantitative estimate of drug-likeness (QED) is 0.539. The van der Waals surface area contributed by atoms with Crippen molar-refractivity contribution in [1.82, 2.24) is 10.3 Å². The smallest absolute Gasteiger partial charge is 0.323 e. The zero-order valence-corrected chi connectivity index (χ0v) is 15.5. The SMILES string of the molecule is COC(=O)C1(C(=O)O)Cc2c(C)nc(OCC3CNC(=O)CO3)c(C)c2C1. The van der Waals surface area contributed by atoms with Crippen LogP contribution in [0.4, 0.5) is 0 Å². The van der Waals surface area contributed by atoms with Gasteiger partial charge in [0.1, 0.15) is 19.3 Å². The predicted octanol–water partition coefficient (Wildman–Crippen LogP) is -0.0652. The Hall–Kier alpha value is -2.68. The van der Waals surface area contributed by atoms with Gasteiger partial charge in [-0.25, -0.2) is 4.98 Å². The number of rotatable bonds is 5. The van der Waals surface area contributed by atoms with Crippen LogP contribution in [-0.4, -0.2) is 60.9 Å². The molecule has 1 aliphatic carbocycles. The van der Waals surface area contributed by atoms with Gasteiger partial charge in [-0.2, -0.15) is 0 Å². The number of esters is 1. The predicted molar refractivity (Wildman–Crippen MR) is 91.4 cm³/mol. The highest BCUT2D eigenvalue weighted by Crippen LogP contribution is 2.42. The van der Waals surface area contributed by atoms with E-state index in [1.165, 1.54) is 7.11 Å². The molecule has 2 aliphatic rings. The van der Waals surface area contributed by atoms with Crippen molar-refractivity contribution in [3.05, 3.63) is 22.4 Å². The number of aryl methyl sites for hydroxylation is 1. The van der Waals surface area contributed by atoms with E-state index in [0.717, 1.165) is 11.1 Å². The molecule has 0 saturated carbocycles. The van der Waals surface area contributed by atoms with Crippen LogP contribution < -0.4 is 10.1 Å². The number of hydrogen-bond acceptors (Lipinski definition) is 7. The van der Waals surface area contributed by atoms with Gasteiger partial charge < -0.3 is 24.6 Å². The van der Waals surface area contributed by atoms with E-state index in [-0.39, 0.29) is 38.1 Å². The molecule has 2 N–H and O–H groups in total. The van der Waals surface area contributed by atoms with E-state index in [1.807, 2.05) is 0 Å². The lowest BCUT2D eigenvalue weighted by Gasteiger charge is -2.23. The molecule has 1 aromatic rings. The summed E-state index contributed by atoms with van der Waals surface area (Å²) in [5.41, 5.74) is 1.18. The van der Waals surface area contributed by atoms with Crippen molar-refractivity contribution in [2.75, 3.05) is 26.9 Å². The molecule has 1 amide bonds. The van der Waals surface area contributed by atoms with Crippen molar-refractivity contribution >= 4 is 17.8 Å². The normalized spacial score (nSPS) is 24.1. The molecular formula is C18H22N2O7. The number of pyridine rings is 1. The van der Waals surface area contributed by atoms with E-state index < -0.39 is 17.4 Å². The third-order valence-corrected chi connectivity index (χ3v) is 5.17. The number of aromatic nitrogens is 1. The van der Waals surface area contributed by atoms with Crippen LogP contribution in [0.15, 0.2) is 0 Å². The number of carboxylic acids is 1. The van der Waals surface area contributed by atoms with E-state index in [2.05, 4.69) is 10.3 Å². The summed E-state index contributed by atoms with van der Waals surface area (Å²) < 4.78 is 15.9. The largest absolute Gasteiger partial charge is 0.480 e. The van der Waals surface area contributed by atoms with Gasteiger partial charge in [0, 0.05) is 30.6 Å². The summed E-state index contributed by atoms with van der Waals surface area (Å²) in [7, 11) is 1.19. The number of carbonyl (C=O) groups excluding carboxylic acids is 2. The summed E-state index contributed by atoms with van der Waals surface area (Å²) in [4.78, 5) is 39.6. The van der Waals surface area contributed by atoms with Crippen molar-refractivity contribution in [3.8, 4) is 5.88 Å². The molecule has 1 saturated heterocycles. The number of ether oxygens (including phenoxy) is 3. The van der Waals surface area contributed by atoms with Crippen molar-refractivity contribution in [1.29, 1.82) is 0 Å². The standard InChI is InChI=1S/C18H22N2O7/c1-9-12-4-18(16(22)23,17(24)25-3)5-13(12)10(2)20-15(9)27-7-11-6-19-14(21)8-26-11/h11H,4-8H2,1-3H3,(H,19,21)(H,22,23). The maximum absolute atomic E-state index is 12.2. The Morgan fingerprint density at radius 2 is 2.04 bits per heavy atom. The summed E-state index contributed by atoms with van der Waals surface area (Å²) in [6, 6.07) is 0. The van der Waals surface area contributed by atoms with Crippen LogP contribution in [0, 0.1) is 19.3 Å². The van der Waals surface area contributed by atoms with Crippen LogP contribution in [0.1, 0.15) is 22.4 Å². The third-order valence-electron chi connectivity index (χ3n) is 5.17. The Kier molecular flexibility index (Phi) is 5.05. The minimum Gasteiger partial charge on any atom is -0.480 e. The fourth-order valence-electron chi connectivity index (χ4n) is 3.55. The first-order chi connectivity index (χ1) is 12.8. The molecule has 3 rings (SSSR count). The lowest BCUT2D eigenvalue weighted by Crippen LogP contribution is -2.45. The van der Waals surface area contributed by atoms with Crippen LogP contribution in [0.3, 0.4) is 0 Å². The molecule has 0 spiro atoms. The first-order valence-electron chi connectivity index (χ1n) is 8.60. The average Bonchev–Trinajstić information content (AvgIpc) is 3.07. The summed E-state index contributed by atoms with van der Waals surface area (Å²) in [6.07, 6.45) is -0.209. The average molecular weight is 378 g/mol. The summed E-state index contributed by atoms with van der Waals surface area (Å²) in [5.74, 6) is -1.77. The molecule has 2 heterocycles. The molecule has 0 aromatic carbocycles. The number of amides is 1. The number of nitrogens with one attached hydrogen (secondary N) is 1. The van der Waals surface area contributed by atoms with Gasteiger partial charge in [-0.05, 0) is 25.0 Å². The summed E-state index contributed by atoms with van der Waals surface area (Å²) >= 11 is 0. The fourth-order valence-corrected chi connectivity index (χ4v) is 3.55. The maximum atomic E-state index is 12.2. The lowest BCUT2D eigenvalue weighted by molar-refractivity contribution is -0.166. The number of morpholine rings is 1. The molecule has 1 aliphatic heterocycles. The Bertz CT molecular complexity index is 797. The second-order valence-electron chi connectivity index (χ2n) is 6.86. The monoisotopic (exact) mass is 378 g/mol. The van der Waals surface area contributed by atoms with Crippen LogP contribution in [0.2, 0.25) is 0 Å². The van der Waals surface area contributed by atoms with Crippen LogP contribution >= 0.6 is 0 Å². The van der Waals surface area contributed by atoms with Gasteiger partial charge in [0.05, 0.1) is 7.11 Å². The second-order valence-corrected chi connectivity index (χ2v) is 6.86. The zero-order chi connectivity index (χ0) is 19.8. The molecule has 27 heavy (non-hydrogen) atoms. The molecule has 1 aromatic heterocycles. The number of hydrogen-bond donors (Lipinski definition) is 2. The minimum atomic E-state index is -1.64. The van der Waals surface area contributed by atoms with Gasteiger partial charge in [-0.1, -0.05) is 0 Å². The van der Waals surface area contributed by atoms with Gasteiger partial charge in [0.15, 0.2) is 5.41 Å². The van der Waals surface area contributed by atoms with E-state index in [9.17, 15) is 19.5 Å². The first kappa shape index (κ1) is 19.1. The minimum absolute atomic E-state index is 0.0100. The summed E-state index contributed by atoms with van der Waals surface area (Å²) in [5, 5.41) is 12.4. The Morgan fingerprint density at radius 3 is 2.63 bits per heavy atom. The Morgan fingerprint density at radius 1 is 1.33 bits per heavy atom. The van der Waals surface area contributed by atoms with E-state index in [4.69, 9.17) is 14.2 Å². The number of methoxy groups -OCH3 is 1. The van der Waals surface area contributed by atoms with Crippen molar-refractivity contribution < 1.29 is 33.7 Å². The molecular weight excluding hydrogens is 356 g/mol. The molecule has 1 fully saturated rings. The van der Waals surface area contributed by atoms with Gasteiger partial charge >= 0.3 is 11.9 Å². The first-order valence-corrected chi connectivity index (χ1v) is 8.60. The number of nitrogens with zero attached hydrogens (tertiary/aromatic N) is 1. The summed E-state index contributed by atoms with van der Waals surface area (Å²) in [6.45, 7) is 4.10. The number of carbonyl (C=O) groups is 3. The highest BCUT2D eigenvalue weighted by atomic mass is 16.5. The van der Waals surface area contributed by atoms with E-state index in [1.54, 1.807) is 13.8 Å². The Balaban J connectivity index is 1.83. The van der Waals surface area contributed by atoms with Crippen molar-refractivity contribution in [2.45, 2.75) is 32.8 Å². The van der Waals surface area contributed by atoms with Crippen molar-refractivity contribution in [2.24, 2.45) is 5.41 Å². The fraction of sp³-hybridized carbons (Fsp3) is 0.556. The van der Waals surface area contributed by atoms with Gasteiger partial charge in [0.25, 0.3) is 0 Å². The Labute approximate surface area is 156 Å². The van der Waals surface area contributed by atoms with Crippen molar-refractivity contribution in [3.63, 3.8) is 0 Å². The maximum Gasteiger partial charge on any atom is 0.323 e. The number of carboxylic acid groups (broad SMARTS) is 1. The van der Waals surface area contributed by atoms with Gasteiger partial charge in [0.2, 0.25) is 11.8 Å².